The van der Waals surface area contributed by atoms with Crippen LogP contribution in [0.3, 0.4) is 0 Å². The first-order chi connectivity index (χ1) is 14.9. The van der Waals surface area contributed by atoms with Gasteiger partial charge in [0.15, 0.2) is 11.5 Å². The summed E-state index contributed by atoms with van der Waals surface area (Å²) < 4.78 is 39.1. The second-order valence-electron chi connectivity index (χ2n) is 6.97. The van der Waals surface area contributed by atoms with Crippen LogP contribution < -0.4 is 14.2 Å². The highest BCUT2D eigenvalue weighted by molar-refractivity contribution is 7.92. The molecule has 1 aliphatic rings. The highest BCUT2D eigenvalue weighted by Gasteiger charge is 2.20. The maximum atomic E-state index is 12.8. The Kier molecular flexibility index (Phi) is 5.77. The van der Waals surface area contributed by atoms with Gasteiger partial charge in [0.25, 0.3) is 15.9 Å². The van der Waals surface area contributed by atoms with Crippen LogP contribution in [0.25, 0.3) is 0 Å². The summed E-state index contributed by atoms with van der Waals surface area (Å²) in [6.45, 7) is 1.12. The summed E-state index contributed by atoms with van der Waals surface area (Å²) in [6, 6.07) is 16.3. The summed E-state index contributed by atoms with van der Waals surface area (Å²) in [6.07, 6.45) is 1.67. The number of hydrogen-bond acceptors (Lipinski definition) is 6. The zero-order chi connectivity index (χ0) is 21.8. The molecule has 1 N–H and O–H groups in total. The lowest BCUT2D eigenvalue weighted by molar-refractivity contribution is 0.0783. The maximum absolute atomic E-state index is 12.8. The fourth-order valence-electron chi connectivity index (χ4n) is 3.15. The van der Waals surface area contributed by atoms with E-state index in [1.165, 1.54) is 23.1 Å². The number of ether oxygens (including phenoxy) is 2. The molecule has 4 rings (SSSR count). The quantitative estimate of drug-likeness (QED) is 0.634. The number of rotatable bonds is 6. The summed E-state index contributed by atoms with van der Waals surface area (Å²) in [7, 11) is -2.21. The van der Waals surface area contributed by atoms with Crippen LogP contribution in [0.5, 0.6) is 11.5 Å². The van der Waals surface area contributed by atoms with E-state index in [9.17, 15) is 13.2 Å². The number of anilines is 1. The van der Waals surface area contributed by atoms with E-state index in [0.717, 1.165) is 5.69 Å². The van der Waals surface area contributed by atoms with Gasteiger partial charge in [-0.25, -0.2) is 8.42 Å². The predicted molar refractivity (Wildman–Crippen MR) is 115 cm³/mol. The molecule has 8 nitrogen and oxygen atoms in total. The molecule has 0 saturated heterocycles. The summed E-state index contributed by atoms with van der Waals surface area (Å²) in [5, 5.41) is 0. The topological polar surface area (TPSA) is 97.8 Å². The van der Waals surface area contributed by atoms with E-state index in [2.05, 4.69) is 9.71 Å². The first kappa shape index (κ1) is 20.7. The number of hydrogen-bond donors (Lipinski definition) is 1. The van der Waals surface area contributed by atoms with Gasteiger partial charge >= 0.3 is 0 Å². The van der Waals surface area contributed by atoms with E-state index in [0.29, 0.717) is 36.8 Å². The number of carbonyl (C=O) groups excluding carboxylic acids is 1. The van der Waals surface area contributed by atoms with Crippen molar-refractivity contribution in [2.75, 3.05) is 25.0 Å². The van der Waals surface area contributed by atoms with E-state index in [1.807, 2.05) is 18.2 Å². The molecule has 31 heavy (non-hydrogen) atoms. The number of fused-ring (bicyclic) bond motifs is 1. The van der Waals surface area contributed by atoms with Crippen LogP contribution in [0.1, 0.15) is 16.1 Å². The molecule has 1 aromatic heterocycles. The Balaban J connectivity index is 1.51. The molecule has 0 aliphatic carbocycles. The molecular formula is C22H21N3O5S. The fourth-order valence-corrected chi connectivity index (χ4v) is 4.21. The zero-order valence-corrected chi connectivity index (χ0v) is 17.6. The highest BCUT2D eigenvalue weighted by atomic mass is 32.2. The molecule has 1 amide bonds. The molecule has 9 heteroatoms. The van der Waals surface area contributed by atoms with E-state index in [1.54, 1.807) is 37.5 Å². The van der Waals surface area contributed by atoms with Crippen molar-refractivity contribution in [3.05, 3.63) is 78.1 Å². The van der Waals surface area contributed by atoms with Gasteiger partial charge < -0.3 is 14.4 Å². The van der Waals surface area contributed by atoms with Gasteiger partial charge in [-0.1, -0.05) is 12.1 Å². The molecule has 0 fully saturated rings. The van der Waals surface area contributed by atoms with E-state index < -0.39 is 10.0 Å². The SMILES string of the molecule is CN(Cc1ccccn1)C(=O)c1cccc(NS(=O)(=O)c2ccc3c(c2)OCCO3)c1. The molecule has 160 valence electrons. The summed E-state index contributed by atoms with van der Waals surface area (Å²) in [5.74, 6) is 0.647. The molecule has 0 atom stereocenters. The van der Waals surface area contributed by atoms with Gasteiger partial charge in [0.2, 0.25) is 0 Å². The summed E-state index contributed by atoms with van der Waals surface area (Å²) in [5.41, 5.74) is 1.40. The molecular weight excluding hydrogens is 418 g/mol. The normalized spacial score (nSPS) is 12.8. The highest BCUT2D eigenvalue weighted by Crippen LogP contribution is 2.32. The lowest BCUT2D eigenvalue weighted by Gasteiger charge is -2.19. The lowest BCUT2D eigenvalue weighted by atomic mass is 10.2. The van der Waals surface area contributed by atoms with Gasteiger partial charge in [-0.05, 0) is 42.5 Å². The van der Waals surface area contributed by atoms with Crippen LogP contribution in [0.4, 0.5) is 5.69 Å². The third-order valence-corrected chi connectivity index (χ3v) is 6.04. The first-order valence-electron chi connectivity index (χ1n) is 9.60. The predicted octanol–water partition coefficient (Wildman–Crippen LogP) is 2.93. The molecule has 3 aromatic rings. The fraction of sp³-hybridized carbons (Fsp3) is 0.182. The number of pyridine rings is 1. The lowest BCUT2D eigenvalue weighted by Crippen LogP contribution is -2.26. The van der Waals surface area contributed by atoms with Crippen molar-refractivity contribution < 1.29 is 22.7 Å². The van der Waals surface area contributed by atoms with Crippen molar-refractivity contribution in [1.29, 1.82) is 0 Å². The van der Waals surface area contributed by atoms with Gasteiger partial charge in [-0.2, -0.15) is 0 Å². The van der Waals surface area contributed by atoms with Crippen molar-refractivity contribution in [1.82, 2.24) is 9.88 Å². The molecule has 2 aromatic carbocycles. The third kappa shape index (κ3) is 4.77. The average Bonchev–Trinajstić information content (AvgIpc) is 2.78. The van der Waals surface area contributed by atoms with Crippen LogP contribution in [0.2, 0.25) is 0 Å². The Labute approximate surface area is 180 Å². The standard InChI is InChI=1S/C22H21N3O5S/c1-25(15-18-6-2-3-10-23-18)22(26)16-5-4-7-17(13-16)24-31(27,28)19-8-9-20-21(14-19)30-12-11-29-20/h2-10,13-14,24H,11-12,15H2,1H3. The van der Waals surface area contributed by atoms with Crippen molar-refractivity contribution in [2.45, 2.75) is 11.4 Å². The van der Waals surface area contributed by atoms with Gasteiger partial charge in [0, 0.05) is 30.6 Å². The molecule has 1 aliphatic heterocycles. The number of sulfonamides is 1. The summed E-state index contributed by atoms with van der Waals surface area (Å²) >= 11 is 0. The van der Waals surface area contributed by atoms with Gasteiger partial charge in [-0.3, -0.25) is 14.5 Å². The van der Waals surface area contributed by atoms with Crippen molar-refractivity contribution >= 4 is 21.6 Å². The van der Waals surface area contributed by atoms with Crippen LogP contribution in [-0.2, 0) is 16.6 Å². The minimum Gasteiger partial charge on any atom is -0.486 e. The molecule has 0 radical (unpaired) electrons. The van der Waals surface area contributed by atoms with Gasteiger partial charge in [0.05, 0.1) is 17.1 Å². The average molecular weight is 439 g/mol. The minimum absolute atomic E-state index is 0.0424. The number of aromatic nitrogens is 1. The summed E-state index contributed by atoms with van der Waals surface area (Å²) in [4.78, 5) is 18.6. The minimum atomic E-state index is -3.88. The molecule has 0 bridgehead atoms. The smallest absolute Gasteiger partial charge is 0.262 e. The van der Waals surface area contributed by atoms with Crippen LogP contribution >= 0.6 is 0 Å². The maximum Gasteiger partial charge on any atom is 0.262 e. The number of amides is 1. The van der Waals surface area contributed by atoms with Crippen molar-refractivity contribution in [3.8, 4) is 11.5 Å². The Morgan fingerprint density at radius 3 is 2.61 bits per heavy atom. The Bertz CT molecular complexity index is 1200. The third-order valence-electron chi connectivity index (χ3n) is 4.66. The van der Waals surface area contributed by atoms with Crippen molar-refractivity contribution in [2.24, 2.45) is 0 Å². The van der Waals surface area contributed by atoms with E-state index in [4.69, 9.17) is 9.47 Å². The van der Waals surface area contributed by atoms with Crippen molar-refractivity contribution in [3.63, 3.8) is 0 Å². The molecule has 0 spiro atoms. The molecule has 2 heterocycles. The number of carbonyl (C=O) groups is 1. The number of nitrogens with one attached hydrogen (secondary N) is 1. The Morgan fingerprint density at radius 2 is 1.84 bits per heavy atom. The number of nitrogens with zero attached hydrogens (tertiary/aromatic N) is 2. The zero-order valence-electron chi connectivity index (χ0n) is 16.8. The van der Waals surface area contributed by atoms with E-state index in [-0.39, 0.29) is 16.5 Å². The van der Waals surface area contributed by atoms with Gasteiger partial charge in [-0.15, -0.1) is 0 Å². The van der Waals surface area contributed by atoms with Crippen LogP contribution in [0, 0.1) is 0 Å². The van der Waals surface area contributed by atoms with Crippen LogP contribution in [-0.4, -0.2) is 44.5 Å². The second kappa shape index (κ2) is 8.65. The Hall–Kier alpha value is -3.59. The number of benzene rings is 2. The largest absolute Gasteiger partial charge is 0.486 e. The van der Waals surface area contributed by atoms with Gasteiger partial charge in [0.1, 0.15) is 13.2 Å². The van der Waals surface area contributed by atoms with Crippen LogP contribution in [0.15, 0.2) is 71.8 Å². The Morgan fingerprint density at radius 1 is 1.03 bits per heavy atom. The molecule has 0 saturated carbocycles. The second-order valence-corrected chi connectivity index (χ2v) is 8.66. The van der Waals surface area contributed by atoms with E-state index >= 15 is 0 Å². The first-order valence-corrected chi connectivity index (χ1v) is 11.1. The monoisotopic (exact) mass is 439 g/mol. The molecule has 0 unspecified atom stereocenters.